The van der Waals surface area contributed by atoms with Crippen molar-refractivity contribution in [3.05, 3.63) is 234 Å². The minimum atomic E-state index is -0.472. The van der Waals surface area contributed by atoms with Crippen molar-refractivity contribution in [3.63, 3.8) is 0 Å². The van der Waals surface area contributed by atoms with Crippen molar-refractivity contribution in [2.75, 3.05) is 4.90 Å². The van der Waals surface area contributed by atoms with Crippen LogP contribution >= 0.6 is 0 Å². The number of hydrogen-bond donors (Lipinski definition) is 0. The third-order valence-corrected chi connectivity index (χ3v) is 14.7. The smallest absolute Gasteiger partial charge is 0.0726 e. The van der Waals surface area contributed by atoms with Gasteiger partial charge in [-0.2, -0.15) is 0 Å². The van der Waals surface area contributed by atoms with Crippen LogP contribution in [-0.2, 0) is 16.2 Å². The van der Waals surface area contributed by atoms with Gasteiger partial charge in [-0.15, -0.1) is 0 Å². The normalized spacial score (nSPS) is 15.7. The molecule has 3 aliphatic rings. The Morgan fingerprint density at radius 3 is 1.50 bits per heavy atom. The van der Waals surface area contributed by atoms with Crippen molar-refractivity contribution >= 4 is 27.8 Å². The average molecular weight is 796 g/mol. The molecular formula is C61H49N. The Bertz CT molecular complexity index is 3190. The van der Waals surface area contributed by atoms with Crippen molar-refractivity contribution < 1.29 is 0 Å². The third-order valence-electron chi connectivity index (χ3n) is 14.7. The first-order valence-corrected chi connectivity index (χ1v) is 22.3. The summed E-state index contributed by atoms with van der Waals surface area (Å²) in [5.41, 5.74) is 21.7. The summed E-state index contributed by atoms with van der Waals surface area (Å²) in [5.74, 6) is 0. The highest BCUT2D eigenvalue weighted by Crippen LogP contribution is 2.64. The fourth-order valence-electron chi connectivity index (χ4n) is 11.5. The number of rotatable bonds is 5. The lowest BCUT2D eigenvalue weighted by atomic mass is 9.63. The van der Waals surface area contributed by atoms with Crippen molar-refractivity contribution in [2.45, 2.75) is 56.8 Å². The summed E-state index contributed by atoms with van der Waals surface area (Å²) in [7, 11) is 0. The number of nitrogens with zero attached hydrogens (tertiary/aromatic N) is 1. The highest BCUT2D eigenvalue weighted by Gasteiger charge is 2.52. The van der Waals surface area contributed by atoms with Gasteiger partial charge in [0.15, 0.2) is 0 Å². The molecule has 1 spiro atoms. The molecule has 1 heteroatoms. The second-order valence-corrected chi connectivity index (χ2v) is 19.1. The van der Waals surface area contributed by atoms with Gasteiger partial charge in [-0.1, -0.05) is 191 Å². The maximum atomic E-state index is 2.58. The van der Waals surface area contributed by atoms with Gasteiger partial charge in [0.25, 0.3) is 0 Å². The quantitative estimate of drug-likeness (QED) is 0.168. The van der Waals surface area contributed by atoms with Crippen LogP contribution in [0.1, 0.15) is 73.9 Å². The van der Waals surface area contributed by atoms with Crippen molar-refractivity contribution in [2.24, 2.45) is 0 Å². The molecule has 0 saturated heterocycles. The van der Waals surface area contributed by atoms with Gasteiger partial charge in [0.05, 0.1) is 11.1 Å². The maximum absolute atomic E-state index is 2.58. The number of anilines is 3. The molecule has 0 unspecified atom stereocenters. The Labute approximate surface area is 366 Å². The van der Waals surface area contributed by atoms with Crippen LogP contribution in [0.25, 0.3) is 55.3 Å². The zero-order valence-electron chi connectivity index (χ0n) is 35.9. The van der Waals surface area contributed by atoms with Gasteiger partial charge in [0, 0.05) is 16.9 Å². The Balaban J connectivity index is 1.19. The molecule has 0 radical (unpaired) electrons. The van der Waals surface area contributed by atoms with E-state index in [4.69, 9.17) is 0 Å². The maximum Gasteiger partial charge on any atom is 0.0726 e. The van der Waals surface area contributed by atoms with E-state index in [0.29, 0.717) is 0 Å². The minimum Gasteiger partial charge on any atom is -0.310 e. The van der Waals surface area contributed by atoms with E-state index in [9.17, 15) is 0 Å². The van der Waals surface area contributed by atoms with Crippen LogP contribution in [0.3, 0.4) is 0 Å². The summed E-state index contributed by atoms with van der Waals surface area (Å²) in [5, 5.41) is 2.46. The molecule has 0 amide bonds. The van der Waals surface area contributed by atoms with Gasteiger partial charge in [-0.3, -0.25) is 0 Å². The monoisotopic (exact) mass is 795 g/mol. The van der Waals surface area contributed by atoms with E-state index in [2.05, 4.69) is 233 Å². The molecule has 0 N–H and O–H groups in total. The third kappa shape index (κ3) is 5.34. The summed E-state index contributed by atoms with van der Waals surface area (Å²) < 4.78 is 0. The molecule has 9 aromatic rings. The first-order valence-electron chi connectivity index (χ1n) is 22.3. The molecule has 1 nitrogen and oxygen atoms in total. The first-order chi connectivity index (χ1) is 30.2. The topological polar surface area (TPSA) is 3.24 Å². The zero-order valence-corrected chi connectivity index (χ0v) is 35.9. The fraction of sp³-hybridized carbons (Fsp3) is 0.148. The standard InChI is InChI=1S/C61H49N/c1-59(2)34-35-60(3,4)57-37-44(29-33-55(57)59)50-38-51-49-22-12-15-25-54(49)61(52-23-13-10-20-47(52)48-21-11-14-24-53(48)61)56(51)39-58(50)62(46-32-28-41-18-8-9-19-43(41)36-46)45-30-26-42(27-31-45)40-16-6-5-7-17-40/h5-33,36-39H,34-35H2,1-4H3. The summed E-state index contributed by atoms with van der Waals surface area (Å²) >= 11 is 0. The Morgan fingerprint density at radius 1 is 0.323 bits per heavy atom. The van der Waals surface area contributed by atoms with E-state index in [1.807, 2.05) is 0 Å². The van der Waals surface area contributed by atoms with Crippen LogP contribution in [0.4, 0.5) is 17.1 Å². The van der Waals surface area contributed by atoms with E-state index < -0.39 is 5.41 Å². The summed E-state index contributed by atoms with van der Waals surface area (Å²) in [6.07, 6.45) is 2.35. The van der Waals surface area contributed by atoms with Gasteiger partial charge in [-0.05, 0) is 143 Å². The second-order valence-electron chi connectivity index (χ2n) is 19.1. The lowest BCUT2D eigenvalue weighted by Crippen LogP contribution is -2.33. The molecule has 0 fully saturated rings. The SMILES string of the molecule is CC1(C)CCC(C)(C)c2cc(-c3cc4c(cc3N(c3ccc(-c5ccccc5)cc3)c3ccc5ccccc5c3)C3(c5ccccc5-c5ccccc53)c3ccccc3-4)ccc21. The van der Waals surface area contributed by atoms with Crippen LogP contribution in [0.2, 0.25) is 0 Å². The molecule has 0 aromatic heterocycles. The van der Waals surface area contributed by atoms with Gasteiger partial charge >= 0.3 is 0 Å². The van der Waals surface area contributed by atoms with Crippen LogP contribution < -0.4 is 4.90 Å². The van der Waals surface area contributed by atoms with E-state index in [1.165, 1.54) is 107 Å². The predicted octanol–water partition coefficient (Wildman–Crippen LogP) is 16.3. The molecule has 298 valence electrons. The van der Waals surface area contributed by atoms with Crippen molar-refractivity contribution in [1.29, 1.82) is 0 Å². The first kappa shape index (κ1) is 36.9. The van der Waals surface area contributed by atoms with Crippen LogP contribution in [0.15, 0.2) is 200 Å². The highest BCUT2D eigenvalue weighted by atomic mass is 15.1. The molecule has 0 heterocycles. The van der Waals surface area contributed by atoms with Crippen molar-refractivity contribution in [1.82, 2.24) is 0 Å². The summed E-state index contributed by atoms with van der Waals surface area (Å²) in [4.78, 5) is 2.54. The van der Waals surface area contributed by atoms with E-state index in [-0.39, 0.29) is 10.8 Å². The number of hydrogen-bond acceptors (Lipinski definition) is 1. The summed E-state index contributed by atoms with van der Waals surface area (Å²) in [6, 6.07) is 75.7. The Hall–Kier alpha value is -6.96. The molecule has 12 rings (SSSR count). The van der Waals surface area contributed by atoms with E-state index in [0.717, 1.165) is 11.4 Å². The fourth-order valence-corrected chi connectivity index (χ4v) is 11.5. The largest absolute Gasteiger partial charge is 0.310 e. The van der Waals surface area contributed by atoms with Gasteiger partial charge in [-0.25, -0.2) is 0 Å². The number of benzene rings is 9. The van der Waals surface area contributed by atoms with Gasteiger partial charge in [0.1, 0.15) is 0 Å². The van der Waals surface area contributed by atoms with Crippen LogP contribution in [-0.4, -0.2) is 0 Å². The van der Waals surface area contributed by atoms with Crippen LogP contribution in [0.5, 0.6) is 0 Å². The lowest BCUT2D eigenvalue weighted by Gasteiger charge is -2.42. The Morgan fingerprint density at radius 2 is 0.839 bits per heavy atom. The minimum absolute atomic E-state index is 0.0665. The highest BCUT2D eigenvalue weighted by molar-refractivity contribution is 6.01. The number of fused-ring (bicyclic) bond motifs is 12. The second kappa shape index (κ2) is 13.5. The molecule has 9 aromatic carbocycles. The van der Waals surface area contributed by atoms with Gasteiger partial charge in [0.2, 0.25) is 0 Å². The molecule has 0 aliphatic heterocycles. The van der Waals surface area contributed by atoms with Crippen LogP contribution in [0, 0.1) is 0 Å². The molecule has 62 heavy (non-hydrogen) atoms. The molecule has 3 aliphatic carbocycles. The van der Waals surface area contributed by atoms with Gasteiger partial charge < -0.3 is 4.90 Å². The lowest BCUT2D eigenvalue weighted by molar-refractivity contribution is 0.332. The molecular weight excluding hydrogens is 747 g/mol. The summed E-state index contributed by atoms with van der Waals surface area (Å²) in [6.45, 7) is 9.74. The van der Waals surface area contributed by atoms with E-state index in [1.54, 1.807) is 0 Å². The Kier molecular flexibility index (Phi) is 8.04. The zero-order chi connectivity index (χ0) is 41.8. The molecule has 0 atom stereocenters. The predicted molar refractivity (Wildman–Crippen MR) is 261 cm³/mol. The van der Waals surface area contributed by atoms with Crippen molar-refractivity contribution in [3.8, 4) is 44.5 Å². The molecule has 0 saturated carbocycles. The van der Waals surface area contributed by atoms with E-state index >= 15 is 0 Å². The molecule has 0 bridgehead atoms. The average Bonchev–Trinajstić information content (AvgIpc) is 3.78.